The third-order valence-corrected chi connectivity index (χ3v) is 4.51. The van der Waals surface area contributed by atoms with Crippen LogP contribution in [0.2, 0.25) is 5.02 Å². The first-order valence-electron chi connectivity index (χ1n) is 7.89. The summed E-state index contributed by atoms with van der Waals surface area (Å²) in [5.74, 6) is 0.375. The first kappa shape index (κ1) is 16.5. The molecule has 0 spiro atoms. The summed E-state index contributed by atoms with van der Waals surface area (Å²) in [5, 5.41) is 13.9. The standard InChI is InChI=1S/C17H17ClN2O4/c18-14-10-12(20(22)23)6-7-13(14)15-8-9-16(24-15)17(21)19-11-4-2-1-3-5-11/h6-11H,1-5H2,(H,19,21). The number of nitro benzene ring substituents is 1. The lowest BCUT2D eigenvalue weighted by Crippen LogP contribution is -2.35. The van der Waals surface area contributed by atoms with Crippen LogP contribution >= 0.6 is 11.6 Å². The van der Waals surface area contributed by atoms with Gasteiger partial charge >= 0.3 is 0 Å². The molecule has 0 bridgehead atoms. The van der Waals surface area contributed by atoms with Crippen molar-refractivity contribution in [3.05, 3.63) is 51.2 Å². The summed E-state index contributed by atoms with van der Waals surface area (Å²) in [7, 11) is 0. The van der Waals surface area contributed by atoms with E-state index in [0.717, 1.165) is 25.7 Å². The highest BCUT2D eigenvalue weighted by molar-refractivity contribution is 6.33. The van der Waals surface area contributed by atoms with E-state index >= 15 is 0 Å². The maximum atomic E-state index is 12.3. The van der Waals surface area contributed by atoms with Crippen molar-refractivity contribution >= 4 is 23.2 Å². The van der Waals surface area contributed by atoms with Crippen molar-refractivity contribution in [2.24, 2.45) is 0 Å². The number of nitrogens with one attached hydrogen (secondary N) is 1. The summed E-state index contributed by atoms with van der Waals surface area (Å²) in [6, 6.07) is 7.56. The van der Waals surface area contributed by atoms with Crippen molar-refractivity contribution in [2.45, 2.75) is 38.1 Å². The van der Waals surface area contributed by atoms with Crippen LogP contribution < -0.4 is 5.32 Å². The van der Waals surface area contributed by atoms with Gasteiger partial charge in [-0.25, -0.2) is 0 Å². The monoisotopic (exact) mass is 348 g/mol. The second-order valence-corrected chi connectivity index (χ2v) is 6.30. The Balaban J connectivity index is 1.75. The van der Waals surface area contributed by atoms with Gasteiger partial charge in [0.2, 0.25) is 0 Å². The summed E-state index contributed by atoms with van der Waals surface area (Å²) < 4.78 is 5.59. The van der Waals surface area contributed by atoms with E-state index in [2.05, 4.69) is 5.32 Å². The van der Waals surface area contributed by atoms with Gasteiger partial charge in [-0.1, -0.05) is 30.9 Å². The van der Waals surface area contributed by atoms with Crippen LogP contribution in [-0.4, -0.2) is 16.9 Å². The van der Waals surface area contributed by atoms with Crippen molar-refractivity contribution < 1.29 is 14.1 Å². The maximum absolute atomic E-state index is 12.3. The molecule has 0 unspecified atom stereocenters. The van der Waals surface area contributed by atoms with Crippen LogP contribution in [0.5, 0.6) is 0 Å². The number of amides is 1. The molecule has 0 aliphatic heterocycles. The highest BCUT2D eigenvalue weighted by atomic mass is 35.5. The lowest BCUT2D eigenvalue weighted by atomic mass is 9.95. The molecule has 7 heteroatoms. The van der Waals surface area contributed by atoms with E-state index in [4.69, 9.17) is 16.0 Å². The quantitative estimate of drug-likeness (QED) is 0.647. The van der Waals surface area contributed by atoms with Gasteiger partial charge in [0.15, 0.2) is 5.76 Å². The van der Waals surface area contributed by atoms with E-state index in [-0.39, 0.29) is 28.4 Å². The van der Waals surface area contributed by atoms with Crippen LogP contribution in [0.15, 0.2) is 34.7 Å². The topological polar surface area (TPSA) is 85.4 Å². The predicted octanol–water partition coefficient (Wildman–Crippen LogP) is 4.57. The number of nitro groups is 1. The number of rotatable bonds is 4. The second-order valence-electron chi connectivity index (χ2n) is 5.89. The van der Waals surface area contributed by atoms with Crippen LogP contribution in [0, 0.1) is 10.1 Å². The van der Waals surface area contributed by atoms with Crippen LogP contribution in [0.3, 0.4) is 0 Å². The van der Waals surface area contributed by atoms with Crippen molar-refractivity contribution in [3.8, 4) is 11.3 Å². The number of non-ortho nitro benzene ring substituents is 1. The first-order valence-corrected chi connectivity index (χ1v) is 8.27. The lowest BCUT2D eigenvalue weighted by Gasteiger charge is -2.22. The molecule has 1 heterocycles. The zero-order chi connectivity index (χ0) is 17.1. The third kappa shape index (κ3) is 3.59. The average Bonchev–Trinajstić information content (AvgIpc) is 3.05. The Morgan fingerprint density at radius 1 is 1.21 bits per heavy atom. The van der Waals surface area contributed by atoms with Crippen LogP contribution in [-0.2, 0) is 0 Å². The molecule has 1 aromatic heterocycles. The molecule has 1 amide bonds. The van der Waals surface area contributed by atoms with Crippen molar-refractivity contribution in [2.75, 3.05) is 0 Å². The van der Waals surface area contributed by atoms with E-state index in [0.29, 0.717) is 11.3 Å². The average molecular weight is 349 g/mol. The number of carbonyl (C=O) groups excluding carboxylic acids is 1. The highest BCUT2D eigenvalue weighted by Gasteiger charge is 2.20. The predicted molar refractivity (Wildman–Crippen MR) is 90.1 cm³/mol. The van der Waals surface area contributed by atoms with Crippen molar-refractivity contribution in [1.82, 2.24) is 5.32 Å². The number of hydrogen-bond donors (Lipinski definition) is 1. The normalized spacial score (nSPS) is 15.2. The molecule has 2 aromatic rings. The number of furan rings is 1. The van der Waals surface area contributed by atoms with Crippen LogP contribution in [0.4, 0.5) is 5.69 Å². The summed E-state index contributed by atoms with van der Waals surface area (Å²) >= 11 is 6.09. The Morgan fingerprint density at radius 3 is 2.62 bits per heavy atom. The first-order chi connectivity index (χ1) is 11.5. The Kier molecular flexibility index (Phi) is 4.85. The minimum absolute atomic E-state index is 0.0921. The number of nitrogens with zero attached hydrogens (tertiary/aromatic N) is 1. The maximum Gasteiger partial charge on any atom is 0.287 e. The Bertz CT molecular complexity index is 766. The summed E-state index contributed by atoms with van der Waals surface area (Å²) in [5.41, 5.74) is 0.421. The molecule has 3 rings (SSSR count). The van der Waals surface area contributed by atoms with Gasteiger partial charge in [-0.15, -0.1) is 0 Å². The largest absolute Gasteiger partial charge is 0.451 e. The van der Waals surface area contributed by atoms with E-state index in [1.165, 1.54) is 24.6 Å². The molecule has 1 fully saturated rings. The molecule has 126 valence electrons. The molecular weight excluding hydrogens is 332 g/mol. The van der Waals surface area contributed by atoms with Crippen molar-refractivity contribution in [1.29, 1.82) is 0 Å². The fourth-order valence-corrected chi connectivity index (χ4v) is 3.19. The fourth-order valence-electron chi connectivity index (χ4n) is 2.93. The SMILES string of the molecule is O=C(NC1CCCCC1)c1ccc(-c2ccc([N+](=O)[O-])cc2Cl)o1. The van der Waals surface area contributed by atoms with Gasteiger partial charge in [0.05, 0.1) is 9.95 Å². The van der Waals surface area contributed by atoms with Gasteiger partial charge in [-0.2, -0.15) is 0 Å². The van der Waals surface area contributed by atoms with Gasteiger partial charge in [0.1, 0.15) is 5.76 Å². The lowest BCUT2D eigenvalue weighted by molar-refractivity contribution is -0.384. The number of carbonyl (C=O) groups is 1. The Labute approximate surface area is 143 Å². The summed E-state index contributed by atoms with van der Waals surface area (Å²) in [6.45, 7) is 0. The van der Waals surface area contributed by atoms with Crippen LogP contribution in [0.1, 0.15) is 42.7 Å². The van der Waals surface area contributed by atoms with Gasteiger partial charge in [-0.3, -0.25) is 14.9 Å². The zero-order valence-corrected chi connectivity index (χ0v) is 13.7. The van der Waals surface area contributed by atoms with Gasteiger partial charge in [0.25, 0.3) is 11.6 Å². The molecule has 1 aromatic carbocycles. The summed E-state index contributed by atoms with van der Waals surface area (Å²) in [6.07, 6.45) is 5.47. The van der Waals surface area contributed by atoms with E-state index in [1.807, 2.05) is 0 Å². The molecule has 1 aliphatic rings. The Morgan fingerprint density at radius 2 is 1.96 bits per heavy atom. The fraction of sp³-hybridized carbons (Fsp3) is 0.353. The molecule has 0 radical (unpaired) electrons. The summed E-state index contributed by atoms with van der Waals surface area (Å²) in [4.78, 5) is 22.5. The zero-order valence-electron chi connectivity index (χ0n) is 13.0. The van der Waals surface area contributed by atoms with E-state index in [1.54, 1.807) is 12.1 Å². The number of benzene rings is 1. The molecule has 1 aliphatic carbocycles. The number of halogens is 1. The minimum atomic E-state index is -0.513. The third-order valence-electron chi connectivity index (χ3n) is 4.20. The molecule has 6 nitrogen and oxygen atoms in total. The molecular formula is C17H17ClN2O4. The highest BCUT2D eigenvalue weighted by Crippen LogP contribution is 2.32. The van der Waals surface area contributed by atoms with Crippen molar-refractivity contribution in [3.63, 3.8) is 0 Å². The molecule has 0 atom stereocenters. The molecule has 1 N–H and O–H groups in total. The van der Waals surface area contributed by atoms with Gasteiger partial charge in [0, 0.05) is 23.7 Å². The second kappa shape index (κ2) is 7.05. The molecule has 1 saturated carbocycles. The van der Waals surface area contributed by atoms with E-state index in [9.17, 15) is 14.9 Å². The molecule has 24 heavy (non-hydrogen) atoms. The van der Waals surface area contributed by atoms with Gasteiger partial charge < -0.3 is 9.73 Å². The van der Waals surface area contributed by atoms with Crippen LogP contribution in [0.25, 0.3) is 11.3 Å². The smallest absolute Gasteiger partial charge is 0.287 e. The van der Waals surface area contributed by atoms with E-state index < -0.39 is 4.92 Å². The van der Waals surface area contributed by atoms with Gasteiger partial charge in [-0.05, 0) is 31.0 Å². The number of hydrogen-bond acceptors (Lipinski definition) is 4. The Hall–Kier alpha value is -2.34. The minimum Gasteiger partial charge on any atom is -0.451 e. The molecule has 0 saturated heterocycles.